The van der Waals surface area contributed by atoms with Gasteiger partial charge in [0.15, 0.2) is 0 Å². The highest BCUT2D eigenvalue weighted by atomic mass is 79.9. The molecule has 1 aromatic rings. The van der Waals surface area contributed by atoms with Crippen molar-refractivity contribution in [2.24, 2.45) is 5.92 Å². The summed E-state index contributed by atoms with van der Waals surface area (Å²) in [4.78, 5) is 35.0. The molecule has 0 aliphatic heterocycles. The van der Waals surface area contributed by atoms with Crippen molar-refractivity contribution in [2.75, 3.05) is 6.54 Å². The predicted molar refractivity (Wildman–Crippen MR) is 90.2 cm³/mol. The van der Waals surface area contributed by atoms with Crippen LogP contribution in [0, 0.1) is 12.8 Å². The molecule has 3 N–H and O–H groups in total. The molecule has 0 aliphatic rings. The van der Waals surface area contributed by atoms with Crippen LogP contribution in [0.15, 0.2) is 22.7 Å². The summed E-state index contributed by atoms with van der Waals surface area (Å²) in [5.74, 6) is -1.86. The Bertz CT molecular complexity index is 602. The maximum absolute atomic E-state index is 12.1. The van der Waals surface area contributed by atoms with Crippen LogP contribution in [0.3, 0.4) is 0 Å². The molecule has 0 saturated carbocycles. The summed E-state index contributed by atoms with van der Waals surface area (Å²) in [7, 11) is 0. The lowest BCUT2D eigenvalue weighted by Gasteiger charge is -2.16. The van der Waals surface area contributed by atoms with Gasteiger partial charge in [0.05, 0.1) is 6.54 Å². The zero-order chi connectivity index (χ0) is 17.6. The SMILES string of the molecule is Cc1ccc(Br)cc1C(=O)NCC(=O)N[C@@H](CC(C)C)C(=O)O. The Kier molecular flexibility index (Phi) is 7.22. The fourth-order valence-corrected chi connectivity index (χ4v) is 2.39. The van der Waals surface area contributed by atoms with E-state index in [0.29, 0.717) is 12.0 Å². The molecule has 0 saturated heterocycles. The Morgan fingerprint density at radius 2 is 1.91 bits per heavy atom. The van der Waals surface area contributed by atoms with Crippen LogP contribution in [-0.4, -0.2) is 35.5 Å². The van der Waals surface area contributed by atoms with Gasteiger partial charge in [0, 0.05) is 10.0 Å². The number of aryl methyl sites for hydroxylation is 1. The Labute approximate surface area is 143 Å². The molecular formula is C16H21BrN2O4. The minimum absolute atomic E-state index is 0.135. The van der Waals surface area contributed by atoms with E-state index in [2.05, 4.69) is 26.6 Å². The molecule has 23 heavy (non-hydrogen) atoms. The van der Waals surface area contributed by atoms with Gasteiger partial charge in [0.1, 0.15) is 6.04 Å². The number of carboxylic acids is 1. The first-order valence-electron chi connectivity index (χ1n) is 7.27. The van der Waals surface area contributed by atoms with E-state index in [1.165, 1.54) is 0 Å². The van der Waals surface area contributed by atoms with E-state index in [0.717, 1.165) is 10.0 Å². The molecule has 1 rings (SSSR count). The summed E-state index contributed by atoms with van der Waals surface area (Å²) >= 11 is 3.29. The van der Waals surface area contributed by atoms with E-state index in [1.54, 1.807) is 19.1 Å². The number of halogens is 1. The Hall–Kier alpha value is -1.89. The van der Waals surface area contributed by atoms with Crippen molar-refractivity contribution in [1.29, 1.82) is 0 Å². The van der Waals surface area contributed by atoms with Crippen LogP contribution in [-0.2, 0) is 9.59 Å². The van der Waals surface area contributed by atoms with Crippen molar-refractivity contribution in [2.45, 2.75) is 33.2 Å². The molecular weight excluding hydrogens is 364 g/mol. The third-order valence-electron chi connectivity index (χ3n) is 3.19. The summed E-state index contributed by atoms with van der Waals surface area (Å²) in [5.41, 5.74) is 1.25. The van der Waals surface area contributed by atoms with Crippen molar-refractivity contribution in [1.82, 2.24) is 10.6 Å². The van der Waals surface area contributed by atoms with Crippen molar-refractivity contribution >= 4 is 33.7 Å². The molecule has 1 aromatic carbocycles. The summed E-state index contributed by atoms with van der Waals surface area (Å²) in [6, 6.07) is 4.33. The number of hydrogen-bond acceptors (Lipinski definition) is 3. The largest absolute Gasteiger partial charge is 0.480 e. The first-order valence-corrected chi connectivity index (χ1v) is 8.06. The second-order valence-electron chi connectivity index (χ2n) is 5.73. The number of nitrogens with one attached hydrogen (secondary N) is 2. The lowest BCUT2D eigenvalue weighted by molar-refractivity contribution is -0.142. The topological polar surface area (TPSA) is 95.5 Å². The van der Waals surface area contributed by atoms with Crippen LogP contribution >= 0.6 is 15.9 Å². The van der Waals surface area contributed by atoms with Gasteiger partial charge in [-0.25, -0.2) is 4.79 Å². The van der Waals surface area contributed by atoms with Crippen LogP contribution in [0.25, 0.3) is 0 Å². The van der Waals surface area contributed by atoms with Gasteiger partial charge < -0.3 is 15.7 Å². The van der Waals surface area contributed by atoms with Gasteiger partial charge in [0.2, 0.25) is 5.91 Å². The van der Waals surface area contributed by atoms with Gasteiger partial charge in [0.25, 0.3) is 5.91 Å². The third-order valence-corrected chi connectivity index (χ3v) is 3.69. The number of rotatable bonds is 7. The quantitative estimate of drug-likeness (QED) is 0.670. The zero-order valence-electron chi connectivity index (χ0n) is 13.4. The van der Waals surface area contributed by atoms with Gasteiger partial charge in [-0.05, 0) is 37.0 Å². The maximum Gasteiger partial charge on any atom is 0.326 e. The van der Waals surface area contributed by atoms with Gasteiger partial charge >= 0.3 is 5.97 Å². The molecule has 2 amide bonds. The van der Waals surface area contributed by atoms with Crippen LogP contribution < -0.4 is 10.6 Å². The van der Waals surface area contributed by atoms with Crippen LogP contribution in [0.5, 0.6) is 0 Å². The van der Waals surface area contributed by atoms with Crippen LogP contribution in [0.2, 0.25) is 0 Å². The van der Waals surface area contributed by atoms with Crippen LogP contribution in [0.1, 0.15) is 36.2 Å². The molecule has 6 nitrogen and oxygen atoms in total. The Balaban J connectivity index is 2.59. The van der Waals surface area contributed by atoms with Crippen molar-refractivity contribution in [3.05, 3.63) is 33.8 Å². The molecule has 0 spiro atoms. The summed E-state index contributed by atoms with van der Waals surface area (Å²) in [5, 5.41) is 14.0. The highest BCUT2D eigenvalue weighted by molar-refractivity contribution is 9.10. The average molecular weight is 385 g/mol. The van der Waals surface area contributed by atoms with Gasteiger partial charge in [-0.3, -0.25) is 9.59 Å². The molecule has 0 aromatic heterocycles. The highest BCUT2D eigenvalue weighted by Gasteiger charge is 2.21. The third kappa shape index (κ3) is 6.40. The molecule has 0 aliphatic carbocycles. The summed E-state index contributed by atoms with van der Waals surface area (Å²) in [6.07, 6.45) is 0.333. The lowest BCUT2D eigenvalue weighted by Crippen LogP contribution is -2.46. The molecule has 0 radical (unpaired) electrons. The molecule has 0 unspecified atom stereocenters. The minimum Gasteiger partial charge on any atom is -0.480 e. The molecule has 0 bridgehead atoms. The number of aliphatic carboxylic acids is 1. The van der Waals surface area contributed by atoms with E-state index in [1.807, 2.05) is 19.9 Å². The van der Waals surface area contributed by atoms with Crippen molar-refractivity contribution < 1.29 is 19.5 Å². The molecule has 7 heteroatoms. The molecule has 0 fully saturated rings. The van der Waals surface area contributed by atoms with E-state index in [-0.39, 0.29) is 18.4 Å². The lowest BCUT2D eigenvalue weighted by atomic mass is 10.0. The number of amides is 2. The van der Waals surface area contributed by atoms with Gasteiger partial charge in [-0.2, -0.15) is 0 Å². The normalized spacial score (nSPS) is 11.9. The summed E-state index contributed by atoms with van der Waals surface area (Å²) in [6.45, 7) is 5.27. The van der Waals surface area contributed by atoms with E-state index in [4.69, 9.17) is 5.11 Å². The van der Waals surface area contributed by atoms with Crippen LogP contribution in [0.4, 0.5) is 0 Å². The number of carbonyl (C=O) groups excluding carboxylic acids is 2. The van der Waals surface area contributed by atoms with E-state index < -0.39 is 17.9 Å². The second-order valence-corrected chi connectivity index (χ2v) is 6.65. The fourth-order valence-electron chi connectivity index (χ4n) is 2.03. The van der Waals surface area contributed by atoms with Crippen molar-refractivity contribution in [3.63, 3.8) is 0 Å². The zero-order valence-corrected chi connectivity index (χ0v) is 14.9. The van der Waals surface area contributed by atoms with Gasteiger partial charge in [-0.15, -0.1) is 0 Å². The maximum atomic E-state index is 12.1. The van der Waals surface area contributed by atoms with E-state index >= 15 is 0 Å². The number of benzene rings is 1. The minimum atomic E-state index is -1.08. The number of carboxylic acid groups (broad SMARTS) is 1. The standard InChI is InChI=1S/C16H21BrN2O4/c1-9(2)6-13(16(22)23)19-14(20)8-18-15(21)12-7-11(17)5-4-10(12)3/h4-5,7,9,13H,6,8H2,1-3H3,(H,18,21)(H,19,20)(H,22,23)/t13-/m0/s1. The first kappa shape index (κ1) is 19.2. The highest BCUT2D eigenvalue weighted by Crippen LogP contribution is 2.15. The Morgan fingerprint density at radius 3 is 2.48 bits per heavy atom. The van der Waals surface area contributed by atoms with Gasteiger partial charge in [-0.1, -0.05) is 35.8 Å². The van der Waals surface area contributed by atoms with E-state index in [9.17, 15) is 14.4 Å². The predicted octanol–water partition coefficient (Wildman–Crippen LogP) is 2.10. The average Bonchev–Trinajstić information content (AvgIpc) is 2.46. The fraction of sp³-hybridized carbons (Fsp3) is 0.438. The molecule has 0 heterocycles. The smallest absolute Gasteiger partial charge is 0.326 e. The second kappa shape index (κ2) is 8.67. The Morgan fingerprint density at radius 1 is 1.26 bits per heavy atom. The summed E-state index contributed by atoms with van der Waals surface area (Å²) < 4.78 is 0.764. The monoisotopic (exact) mass is 384 g/mol. The number of carbonyl (C=O) groups is 3. The molecule has 126 valence electrons. The molecule has 1 atom stereocenters. The van der Waals surface area contributed by atoms with Crippen molar-refractivity contribution in [3.8, 4) is 0 Å². The first-order chi connectivity index (χ1) is 10.7. The number of hydrogen-bond donors (Lipinski definition) is 3.